The molecule has 4 fully saturated rings. The molecule has 0 aromatic heterocycles. The Bertz CT molecular complexity index is 611. The maximum Gasteiger partial charge on any atom is 0.187 e. The lowest BCUT2D eigenvalue weighted by atomic mass is 9.53. The minimum atomic E-state index is 0.0522. The predicted octanol–water partition coefficient (Wildman–Crippen LogP) is 4.98. The maximum absolute atomic E-state index is 12.4. The van der Waals surface area contributed by atoms with Gasteiger partial charge in [-0.15, -0.1) is 0 Å². The molecule has 1 aromatic rings. The average molecular weight is 330 g/mol. The van der Waals surface area contributed by atoms with E-state index in [0.29, 0.717) is 10.6 Å². The van der Waals surface area contributed by atoms with Crippen LogP contribution in [-0.2, 0) is 0 Å². The third-order valence-electron chi connectivity index (χ3n) is 5.98. The van der Waals surface area contributed by atoms with E-state index < -0.39 is 0 Å². The second-order valence-electron chi connectivity index (χ2n) is 8.02. The van der Waals surface area contributed by atoms with Gasteiger partial charge in [-0.05, 0) is 87.5 Å². The Balaban J connectivity index is 1.48. The van der Waals surface area contributed by atoms with Crippen molar-refractivity contribution < 1.29 is 4.79 Å². The molecule has 4 aliphatic rings. The van der Waals surface area contributed by atoms with Crippen LogP contribution in [0.4, 0.5) is 0 Å². The van der Waals surface area contributed by atoms with E-state index in [4.69, 9.17) is 11.6 Å². The number of hydrogen-bond donors (Lipinski definition) is 1. The monoisotopic (exact) mass is 329 g/mol. The first-order valence-electron chi connectivity index (χ1n) is 8.78. The Morgan fingerprint density at radius 3 is 2.13 bits per heavy atom. The number of hydrogen-bond acceptors (Lipinski definition) is 2. The number of nitrogens with one attached hydrogen (secondary N) is 1. The van der Waals surface area contributed by atoms with Crippen LogP contribution in [0.15, 0.2) is 36.0 Å². The number of carbonyl (C=O) groups is 1. The molecule has 23 heavy (non-hydrogen) atoms. The Morgan fingerprint density at radius 1 is 1.09 bits per heavy atom. The molecule has 2 nitrogen and oxygen atoms in total. The van der Waals surface area contributed by atoms with E-state index in [-0.39, 0.29) is 11.3 Å². The Morgan fingerprint density at radius 2 is 1.61 bits per heavy atom. The highest BCUT2D eigenvalue weighted by molar-refractivity contribution is 6.30. The van der Waals surface area contributed by atoms with Crippen LogP contribution >= 0.6 is 11.6 Å². The summed E-state index contributed by atoms with van der Waals surface area (Å²) in [5.74, 6) is 2.78. The largest absolute Gasteiger partial charge is 0.383 e. The third-order valence-corrected chi connectivity index (χ3v) is 6.23. The normalized spacial score (nSPS) is 35.4. The molecule has 0 saturated heterocycles. The van der Waals surface area contributed by atoms with Gasteiger partial charge in [-0.3, -0.25) is 4.79 Å². The molecule has 1 aromatic carbocycles. The Hall–Kier alpha value is -1.28. The van der Waals surface area contributed by atoms with Crippen molar-refractivity contribution in [1.29, 1.82) is 0 Å². The number of halogens is 1. The lowest BCUT2D eigenvalue weighted by molar-refractivity contribution is -0.0146. The molecular weight excluding hydrogens is 306 g/mol. The van der Waals surface area contributed by atoms with E-state index in [1.54, 1.807) is 30.3 Å². The van der Waals surface area contributed by atoms with E-state index in [9.17, 15) is 4.79 Å². The first-order chi connectivity index (χ1) is 11.0. The summed E-state index contributed by atoms with van der Waals surface area (Å²) in [5.41, 5.74) is 1.96. The summed E-state index contributed by atoms with van der Waals surface area (Å²) >= 11 is 5.89. The summed E-state index contributed by atoms with van der Waals surface area (Å²) in [6.45, 7) is 2.03. The summed E-state index contributed by atoms with van der Waals surface area (Å²) in [7, 11) is 0. The van der Waals surface area contributed by atoms with Crippen molar-refractivity contribution in [2.45, 2.75) is 51.0 Å². The summed E-state index contributed by atoms with van der Waals surface area (Å²) < 4.78 is 0. The van der Waals surface area contributed by atoms with E-state index >= 15 is 0 Å². The van der Waals surface area contributed by atoms with Gasteiger partial charge in [0.2, 0.25) is 0 Å². The van der Waals surface area contributed by atoms with E-state index in [0.717, 1.165) is 23.5 Å². The number of carbonyl (C=O) groups excluding carboxylic acids is 1. The van der Waals surface area contributed by atoms with Crippen molar-refractivity contribution in [3.8, 4) is 0 Å². The summed E-state index contributed by atoms with van der Waals surface area (Å²) in [5, 5.41) is 4.41. The van der Waals surface area contributed by atoms with Crippen LogP contribution in [0.5, 0.6) is 0 Å². The summed E-state index contributed by atoms with van der Waals surface area (Å²) in [4.78, 5) is 12.4. The molecule has 5 rings (SSSR count). The number of ketones is 1. The molecule has 1 N–H and O–H groups in total. The van der Waals surface area contributed by atoms with Crippen molar-refractivity contribution in [2.75, 3.05) is 0 Å². The Labute approximate surface area is 143 Å². The van der Waals surface area contributed by atoms with Crippen molar-refractivity contribution >= 4 is 17.4 Å². The molecule has 3 heteroatoms. The minimum Gasteiger partial charge on any atom is -0.383 e. The Kier molecular flexibility index (Phi) is 3.76. The molecular formula is C20H24ClNO. The topological polar surface area (TPSA) is 29.1 Å². The van der Waals surface area contributed by atoms with Gasteiger partial charge < -0.3 is 5.32 Å². The van der Waals surface area contributed by atoms with Gasteiger partial charge in [-0.25, -0.2) is 0 Å². The highest BCUT2D eigenvalue weighted by Gasteiger charge is 2.50. The molecule has 0 radical (unpaired) electrons. The number of allylic oxidation sites excluding steroid dienone is 2. The maximum atomic E-state index is 12.4. The van der Waals surface area contributed by atoms with Crippen LogP contribution in [0.25, 0.3) is 0 Å². The van der Waals surface area contributed by atoms with Crippen molar-refractivity contribution in [3.63, 3.8) is 0 Å². The zero-order valence-electron chi connectivity index (χ0n) is 13.6. The predicted molar refractivity (Wildman–Crippen MR) is 93.6 cm³/mol. The lowest BCUT2D eigenvalue weighted by Gasteiger charge is -2.57. The fourth-order valence-electron chi connectivity index (χ4n) is 5.61. The van der Waals surface area contributed by atoms with Gasteiger partial charge in [-0.1, -0.05) is 11.6 Å². The molecule has 4 saturated carbocycles. The van der Waals surface area contributed by atoms with Crippen LogP contribution in [-0.4, -0.2) is 11.3 Å². The smallest absolute Gasteiger partial charge is 0.187 e. The molecule has 0 heterocycles. The fourth-order valence-corrected chi connectivity index (χ4v) is 5.74. The SMILES string of the molecule is C/C(=C/C(=O)c1ccc(Cl)cc1)NC12CC3CC(CC(C3)C1)C2. The van der Waals surface area contributed by atoms with Gasteiger partial charge in [-0.2, -0.15) is 0 Å². The van der Waals surface area contributed by atoms with Crippen LogP contribution in [0, 0.1) is 17.8 Å². The fraction of sp³-hybridized carbons (Fsp3) is 0.550. The van der Waals surface area contributed by atoms with Gasteiger partial charge in [0.25, 0.3) is 0 Å². The molecule has 0 amide bonds. The highest BCUT2D eigenvalue weighted by atomic mass is 35.5. The van der Waals surface area contributed by atoms with Gasteiger partial charge in [0, 0.05) is 27.9 Å². The third kappa shape index (κ3) is 3.06. The molecule has 4 bridgehead atoms. The summed E-state index contributed by atoms with van der Waals surface area (Å²) in [6, 6.07) is 7.12. The van der Waals surface area contributed by atoms with E-state index in [1.165, 1.54) is 38.5 Å². The number of rotatable bonds is 4. The minimum absolute atomic E-state index is 0.0522. The molecule has 0 spiro atoms. The highest BCUT2D eigenvalue weighted by Crippen LogP contribution is 2.55. The van der Waals surface area contributed by atoms with E-state index in [1.807, 2.05) is 6.92 Å². The lowest BCUT2D eigenvalue weighted by Crippen LogP contribution is -2.57. The van der Waals surface area contributed by atoms with Gasteiger partial charge in [0.05, 0.1) is 0 Å². The molecule has 122 valence electrons. The first-order valence-corrected chi connectivity index (χ1v) is 9.15. The van der Waals surface area contributed by atoms with Gasteiger partial charge >= 0.3 is 0 Å². The van der Waals surface area contributed by atoms with Crippen molar-refractivity contribution in [3.05, 3.63) is 46.6 Å². The first kappa shape index (κ1) is 15.3. The quantitative estimate of drug-likeness (QED) is 0.623. The standard InChI is InChI=1S/C20H24ClNO/c1-13(6-19(23)17-2-4-18(21)5-3-17)22-20-10-14-7-15(11-20)9-16(8-14)12-20/h2-6,14-16,22H,7-12H2,1H3/b13-6-. The summed E-state index contributed by atoms with van der Waals surface area (Å²) in [6.07, 6.45) is 9.94. The van der Waals surface area contributed by atoms with E-state index in [2.05, 4.69) is 5.32 Å². The second kappa shape index (κ2) is 5.66. The van der Waals surface area contributed by atoms with Gasteiger partial charge in [0.15, 0.2) is 5.78 Å². The zero-order valence-corrected chi connectivity index (χ0v) is 14.4. The molecule has 4 aliphatic carbocycles. The van der Waals surface area contributed by atoms with Crippen LogP contribution < -0.4 is 5.32 Å². The molecule has 0 aliphatic heterocycles. The average Bonchev–Trinajstić information content (AvgIpc) is 2.45. The molecule has 0 atom stereocenters. The van der Waals surface area contributed by atoms with Crippen molar-refractivity contribution in [2.24, 2.45) is 17.8 Å². The van der Waals surface area contributed by atoms with Crippen LogP contribution in [0.2, 0.25) is 5.02 Å². The zero-order chi connectivity index (χ0) is 16.0. The number of benzene rings is 1. The van der Waals surface area contributed by atoms with Crippen LogP contribution in [0.1, 0.15) is 55.8 Å². The second-order valence-corrected chi connectivity index (χ2v) is 8.46. The molecule has 0 unspecified atom stereocenters. The van der Waals surface area contributed by atoms with Gasteiger partial charge in [0.1, 0.15) is 0 Å². The van der Waals surface area contributed by atoms with Crippen LogP contribution in [0.3, 0.4) is 0 Å². The van der Waals surface area contributed by atoms with Crippen molar-refractivity contribution in [1.82, 2.24) is 5.32 Å².